The van der Waals surface area contributed by atoms with Gasteiger partial charge in [-0.1, -0.05) is 0 Å². The van der Waals surface area contributed by atoms with Gasteiger partial charge in [-0.3, -0.25) is 0 Å². The third kappa shape index (κ3) is 4.60. The molecule has 0 saturated heterocycles. The molecule has 0 bridgehead atoms. The SMILES string of the molecule is CC(C)(C)[O][Ga]. The topological polar surface area (TPSA) is 9.23 Å². The van der Waals surface area contributed by atoms with Gasteiger partial charge in [0.15, 0.2) is 0 Å². The first-order valence-electron chi connectivity index (χ1n) is 1.94. The van der Waals surface area contributed by atoms with E-state index in [1.165, 1.54) is 19.0 Å². The standard InChI is InChI=1S/C4H9O.Ga/c1-4(2,3)5;/h1-3H3;/q-1;+1. The average molecular weight is 143 g/mol. The van der Waals surface area contributed by atoms with E-state index in [-0.39, 0.29) is 5.60 Å². The first kappa shape index (κ1) is 6.60. The van der Waals surface area contributed by atoms with Gasteiger partial charge in [-0.25, -0.2) is 0 Å². The summed E-state index contributed by atoms with van der Waals surface area (Å²) in [4.78, 5) is 0. The van der Waals surface area contributed by atoms with Crippen LogP contribution in [0.1, 0.15) is 20.8 Å². The molecule has 1 nitrogen and oxygen atoms in total. The minimum absolute atomic E-state index is 0.0694. The van der Waals surface area contributed by atoms with E-state index in [9.17, 15) is 0 Å². The van der Waals surface area contributed by atoms with Crippen molar-refractivity contribution in [2.75, 3.05) is 0 Å². The predicted octanol–water partition coefficient (Wildman–Crippen LogP) is 0.885. The van der Waals surface area contributed by atoms with Crippen LogP contribution in [0.5, 0.6) is 0 Å². The average Bonchev–Trinajstić information content (AvgIpc) is 1.35. The summed E-state index contributed by atoms with van der Waals surface area (Å²) in [5, 5.41) is 0. The molecule has 2 radical (unpaired) electrons. The summed E-state index contributed by atoms with van der Waals surface area (Å²) in [6.45, 7) is 6.11. The van der Waals surface area contributed by atoms with Gasteiger partial charge in [0.1, 0.15) is 0 Å². The van der Waals surface area contributed by atoms with Crippen LogP contribution in [-0.4, -0.2) is 24.6 Å². The molecule has 0 aliphatic carbocycles. The van der Waals surface area contributed by atoms with Gasteiger partial charge in [0.05, 0.1) is 0 Å². The Hall–Kier alpha value is 0.596. The zero-order valence-corrected chi connectivity index (χ0v) is 6.91. The zero-order chi connectivity index (χ0) is 5.21. The number of rotatable bonds is 0. The molecule has 0 aromatic heterocycles. The molecule has 0 heterocycles. The second kappa shape index (κ2) is 2.05. The second-order valence-electron chi connectivity index (χ2n) is 2.23. The molecule has 0 atom stereocenters. The Labute approximate surface area is 49.4 Å². The Bertz CT molecular complexity index is 37.3. The summed E-state index contributed by atoms with van der Waals surface area (Å²) in [6.07, 6.45) is 0. The molecule has 0 spiro atoms. The van der Waals surface area contributed by atoms with Gasteiger partial charge in [-0.2, -0.15) is 0 Å². The molecule has 0 aliphatic heterocycles. The van der Waals surface area contributed by atoms with Gasteiger partial charge in [-0.05, 0) is 0 Å². The van der Waals surface area contributed by atoms with Crippen molar-refractivity contribution in [3.63, 3.8) is 0 Å². The van der Waals surface area contributed by atoms with E-state index in [1.54, 1.807) is 0 Å². The van der Waals surface area contributed by atoms with Crippen molar-refractivity contribution in [3.8, 4) is 0 Å². The van der Waals surface area contributed by atoms with E-state index in [0.717, 1.165) is 0 Å². The molecule has 34 valence electrons. The van der Waals surface area contributed by atoms with Gasteiger partial charge < -0.3 is 0 Å². The van der Waals surface area contributed by atoms with Crippen LogP contribution in [0.4, 0.5) is 0 Å². The fourth-order valence-corrected chi connectivity index (χ4v) is 0. The molecule has 6 heavy (non-hydrogen) atoms. The molecule has 2 heteroatoms. The van der Waals surface area contributed by atoms with Crippen LogP contribution in [0.2, 0.25) is 0 Å². The summed E-state index contributed by atoms with van der Waals surface area (Å²) in [7, 11) is 0. The van der Waals surface area contributed by atoms with Crippen LogP contribution in [-0.2, 0) is 3.53 Å². The Morgan fingerprint density at radius 3 is 1.50 bits per heavy atom. The van der Waals surface area contributed by atoms with E-state index in [0.29, 0.717) is 0 Å². The van der Waals surface area contributed by atoms with E-state index < -0.39 is 0 Å². The quantitative estimate of drug-likeness (QED) is 0.457. The van der Waals surface area contributed by atoms with Crippen molar-refractivity contribution >= 4 is 19.0 Å². The van der Waals surface area contributed by atoms with E-state index >= 15 is 0 Å². The molecule has 0 saturated carbocycles. The third-order valence-corrected chi connectivity index (χ3v) is 1.84. The van der Waals surface area contributed by atoms with Crippen molar-refractivity contribution < 1.29 is 3.53 Å². The van der Waals surface area contributed by atoms with Crippen molar-refractivity contribution in [1.29, 1.82) is 0 Å². The van der Waals surface area contributed by atoms with Crippen molar-refractivity contribution in [2.24, 2.45) is 0 Å². The van der Waals surface area contributed by atoms with Gasteiger partial charge in [0.2, 0.25) is 0 Å². The molecule has 0 aromatic rings. The normalized spacial score (nSPS) is 11.8. The predicted molar refractivity (Wildman–Crippen MR) is 26.6 cm³/mol. The summed E-state index contributed by atoms with van der Waals surface area (Å²) in [5.74, 6) is 0. The monoisotopic (exact) mass is 142 g/mol. The number of hydrogen-bond donors (Lipinski definition) is 0. The van der Waals surface area contributed by atoms with Crippen molar-refractivity contribution in [1.82, 2.24) is 0 Å². The molecule has 0 aliphatic rings. The molecule has 0 amide bonds. The summed E-state index contributed by atoms with van der Waals surface area (Å²) < 4.78 is 5.00. The van der Waals surface area contributed by atoms with E-state index in [1.807, 2.05) is 20.8 Å². The van der Waals surface area contributed by atoms with Crippen LogP contribution in [0.25, 0.3) is 0 Å². The van der Waals surface area contributed by atoms with Crippen molar-refractivity contribution in [2.45, 2.75) is 26.4 Å². The van der Waals surface area contributed by atoms with E-state index in [2.05, 4.69) is 0 Å². The first-order valence-corrected chi connectivity index (χ1v) is 2.93. The maximum atomic E-state index is 5.00. The Balaban J connectivity index is 3.17. The molecular formula is C4H9GaO. The summed E-state index contributed by atoms with van der Waals surface area (Å²) in [5.41, 5.74) is 0.0694. The summed E-state index contributed by atoms with van der Waals surface area (Å²) >= 11 is 1.32. The van der Waals surface area contributed by atoms with Crippen LogP contribution in [0.15, 0.2) is 0 Å². The summed E-state index contributed by atoms with van der Waals surface area (Å²) in [6, 6.07) is 0. The second-order valence-corrected chi connectivity index (χ2v) is 2.72. The first-order chi connectivity index (χ1) is 2.56. The fraction of sp³-hybridized carbons (Fsp3) is 1.00. The van der Waals surface area contributed by atoms with E-state index in [4.69, 9.17) is 3.53 Å². The van der Waals surface area contributed by atoms with Gasteiger partial charge >= 0.3 is 48.9 Å². The molecule has 0 unspecified atom stereocenters. The Morgan fingerprint density at radius 1 is 1.33 bits per heavy atom. The fourth-order valence-electron chi connectivity index (χ4n) is 0. The molecule has 0 N–H and O–H groups in total. The van der Waals surface area contributed by atoms with Gasteiger partial charge in [-0.15, -0.1) is 0 Å². The molecule has 0 aromatic carbocycles. The van der Waals surface area contributed by atoms with Crippen LogP contribution >= 0.6 is 0 Å². The minimum atomic E-state index is 0.0694. The van der Waals surface area contributed by atoms with Gasteiger partial charge in [0.25, 0.3) is 0 Å². The zero-order valence-electron chi connectivity index (χ0n) is 4.49. The van der Waals surface area contributed by atoms with Crippen molar-refractivity contribution in [3.05, 3.63) is 0 Å². The molecule has 0 fully saturated rings. The third-order valence-electron chi connectivity index (χ3n) is 0.354. The molecular weight excluding hydrogens is 134 g/mol. The Kier molecular flexibility index (Phi) is 2.25. The number of hydrogen-bond acceptors (Lipinski definition) is 1. The maximum absolute atomic E-state index is 5.00. The van der Waals surface area contributed by atoms with Crippen LogP contribution < -0.4 is 0 Å². The van der Waals surface area contributed by atoms with Crippen LogP contribution in [0, 0.1) is 0 Å². The van der Waals surface area contributed by atoms with Crippen LogP contribution in [0.3, 0.4) is 0 Å². The van der Waals surface area contributed by atoms with Gasteiger partial charge in [0, 0.05) is 0 Å². The molecule has 0 rings (SSSR count). The Morgan fingerprint density at radius 2 is 1.50 bits per heavy atom.